The van der Waals surface area contributed by atoms with Crippen LogP contribution in [-0.4, -0.2) is 10.7 Å². The molecule has 4 nitrogen and oxygen atoms in total. The Hall–Kier alpha value is -0.690. The second-order valence-electron chi connectivity index (χ2n) is 2.60. The molecule has 1 aromatic carbocycles. The average molecular weight is 325 g/mol. The minimum atomic E-state index is -0.606. The van der Waals surface area contributed by atoms with Crippen molar-refractivity contribution in [1.29, 1.82) is 0 Å². The summed E-state index contributed by atoms with van der Waals surface area (Å²) in [4.78, 5) is 21.2. The Morgan fingerprint density at radius 1 is 1.57 bits per heavy atom. The number of halogens is 2. The van der Waals surface area contributed by atoms with Gasteiger partial charge in [-0.15, -0.1) is 0 Å². The third-order valence-electron chi connectivity index (χ3n) is 1.58. The molecule has 0 aliphatic rings. The topological polar surface area (TPSA) is 60.2 Å². The Kier molecular flexibility index (Phi) is 3.43. The highest BCUT2D eigenvalue weighted by Crippen LogP contribution is 2.28. The Balaban J connectivity index is 3.52. The molecule has 0 bridgehead atoms. The highest BCUT2D eigenvalue weighted by molar-refractivity contribution is 14.1. The standard InChI is InChI=1S/C8H5ClINO3/c1-4(12)8-6(10)2-5(9)3-7(8)11(13)14/h2-3H,1H3. The zero-order chi connectivity index (χ0) is 10.9. The van der Waals surface area contributed by atoms with Gasteiger partial charge in [0, 0.05) is 14.7 Å². The van der Waals surface area contributed by atoms with Gasteiger partial charge < -0.3 is 0 Å². The Bertz CT molecular complexity index is 419. The van der Waals surface area contributed by atoms with Gasteiger partial charge in [0.15, 0.2) is 5.78 Å². The lowest BCUT2D eigenvalue weighted by Crippen LogP contribution is -2.02. The van der Waals surface area contributed by atoms with Crippen LogP contribution >= 0.6 is 34.2 Å². The zero-order valence-corrected chi connectivity index (χ0v) is 10.00. The number of nitrogens with zero attached hydrogens (tertiary/aromatic N) is 1. The molecule has 14 heavy (non-hydrogen) atoms. The van der Waals surface area contributed by atoms with Crippen LogP contribution in [0.1, 0.15) is 17.3 Å². The van der Waals surface area contributed by atoms with Gasteiger partial charge in [-0.25, -0.2) is 0 Å². The minimum absolute atomic E-state index is 0.111. The van der Waals surface area contributed by atoms with Crippen LogP contribution in [0.15, 0.2) is 12.1 Å². The first-order valence-electron chi connectivity index (χ1n) is 3.58. The minimum Gasteiger partial charge on any atom is -0.294 e. The number of carbonyl (C=O) groups is 1. The summed E-state index contributed by atoms with van der Waals surface area (Å²) in [6, 6.07) is 2.70. The molecule has 0 aromatic heterocycles. The van der Waals surface area contributed by atoms with E-state index in [1.165, 1.54) is 19.1 Å². The number of hydrogen-bond donors (Lipinski definition) is 0. The van der Waals surface area contributed by atoms with Gasteiger partial charge in [-0.2, -0.15) is 0 Å². The van der Waals surface area contributed by atoms with E-state index in [-0.39, 0.29) is 22.1 Å². The van der Waals surface area contributed by atoms with Crippen molar-refractivity contribution in [3.63, 3.8) is 0 Å². The van der Waals surface area contributed by atoms with Crippen molar-refractivity contribution in [1.82, 2.24) is 0 Å². The van der Waals surface area contributed by atoms with Crippen LogP contribution in [0.4, 0.5) is 5.69 Å². The number of benzene rings is 1. The maximum atomic E-state index is 11.2. The van der Waals surface area contributed by atoms with E-state index in [1.54, 1.807) is 0 Å². The molecule has 74 valence electrons. The highest BCUT2D eigenvalue weighted by Gasteiger charge is 2.21. The van der Waals surface area contributed by atoms with Gasteiger partial charge in [0.1, 0.15) is 5.56 Å². The Morgan fingerprint density at radius 2 is 2.14 bits per heavy atom. The average Bonchev–Trinajstić information content (AvgIpc) is 2.01. The van der Waals surface area contributed by atoms with E-state index in [9.17, 15) is 14.9 Å². The molecule has 0 heterocycles. The lowest BCUT2D eigenvalue weighted by Gasteiger charge is -2.02. The Morgan fingerprint density at radius 3 is 2.57 bits per heavy atom. The molecule has 0 aliphatic heterocycles. The summed E-state index contributed by atoms with van der Waals surface area (Å²) in [7, 11) is 0. The van der Waals surface area contributed by atoms with Gasteiger partial charge in [0.25, 0.3) is 5.69 Å². The second kappa shape index (κ2) is 4.22. The monoisotopic (exact) mass is 325 g/mol. The SMILES string of the molecule is CC(=O)c1c(I)cc(Cl)cc1[N+](=O)[O-]. The van der Waals surface area contributed by atoms with Gasteiger partial charge in [-0.05, 0) is 35.6 Å². The van der Waals surface area contributed by atoms with Crippen molar-refractivity contribution in [2.75, 3.05) is 0 Å². The predicted octanol–water partition coefficient (Wildman–Crippen LogP) is 3.06. The number of Topliss-reactive ketones (excluding diaryl/α,β-unsaturated/α-hetero) is 1. The van der Waals surface area contributed by atoms with Crippen LogP contribution in [0.3, 0.4) is 0 Å². The first-order valence-corrected chi connectivity index (χ1v) is 5.03. The first-order chi connectivity index (χ1) is 6.43. The number of rotatable bonds is 2. The van der Waals surface area contributed by atoms with Crippen molar-refractivity contribution in [3.8, 4) is 0 Å². The van der Waals surface area contributed by atoms with E-state index in [4.69, 9.17) is 11.6 Å². The van der Waals surface area contributed by atoms with Gasteiger partial charge in [-0.3, -0.25) is 14.9 Å². The first kappa shape index (κ1) is 11.4. The lowest BCUT2D eigenvalue weighted by molar-refractivity contribution is -0.385. The van der Waals surface area contributed by atoms with Crippen LogP contribution < -0.4 is 0 Å². The van der Waals surface area contributed by atoms with E-state index < -0.39 is 4.92 Å². The van der Waals surface area contributed by atoms with Crippen molar-refractivity contribution in [3.05, 3.63) is 36.4 Å². The Labute approximate surface area is 98.5 Å². The molecule has 1 rings (SSSR count). The second-order valence-corrected chi connectivity index (χ2v) is 4.19. The summed E-state index contributed by atoms with van der Waals surface area (Å²) in [6.45, 7) is 1.29. The lowest BCUT2D eigenvalue weighted by atomic mass is 10.1. The molecule has 0 saturated heterocycles. The van der Waals surface area contributed by atoms with Gasteiger partial charge in [0.2, 0.25) is 0 Å². The molecule has 0 unspecified atom stereocenters. The van der Waals surface area contributed by atoms with Crippen molar-refractivity contribution in [2.24, 2.45) is 0 Å². The molecular formula is C8H5ClINO3. The molecule has 0 spiro atoms. The van der Waals surface area contributed by atoms with E-state index in [2.05, 4.69) is 0 Å². The number of nitro benzene ring substituents is 1. The summed E-state index contributed by atoms with van der Waals surface area (Å²) in [6.07, 6.45) is 0. The maximum absolute atomic E-state index is 11.2. The highest BCUT2D eigenvalue weighted by atomic mass is 127. The van der Waals surface area contributed by atoms with E-state index in [1.807, 2.05) is 22.6 Å². The number of nitro groups is 1. The molecule has 0 fully saturated rings. The molecular weight excluding hydrogens is 320 g/mol. The van der Waals surface area contributed by atoms with Crippen LogP contribution in [-0.2, 0) is 0 Å². The van der Waals surface area contributed by atoms with Crippen LogP contribution in [0.2, 0.25) is 5.02 Å². The third kappa shape index (κ3) is 2.21. The molecule has 0 amide bonds. The van der Waals surface area contributed by atoms with Gasteiger partial charge in [0.05, 0.1) is 4.92 Å². The molecule has 1 aromatic rings. The summed E-state index contributed by atoms with van der Waals surface area (Å²) in [5, 5.41) is 10.9. The summed E-state index contributed by atoms with van der Waals surface area (Å²) >= 11 is 7.50. The molecule has 0 saturated carbocycles. The normalized spacial score (nSPS) is 9.93. The number of ketones is 1. The van der Waals surface area contributed by atoms with E-state index in [0.717, 1.165) is 0 Å². The fourth-order valence-electron chi connectivity index (χ4n) is 1.05. The fraction of sp³-hybridized carbons (Fsp3) is 0.125. The summed E-state index contributed by atoms with van der Waals surface area (Å²) in [5.41, 5.74) is -0.130. The predicted molar refractivity (Wildman–Crippen MR) is 60.8 cm³/mol. The van der Waals surface area contributed by atoms with E-state index >= 15 is 0 Å². The zero-order valence-electron chi connectivity index (χ0n) is 7.08. The quantitative estimate of drug-likeness (QED) is 0.363. The van der Waals surface area contributed by atoms with Gasteiger partial charge >= 0.3 is 0 Å². The van der Waals surface area contributed by atoms with Crippen LogP contribution in [0.25, 0.3) is 0 Å². The molecule has 0 N–H and O–H groups in total. The smallest absolute Gasteiger partial charge is 0.282 e. The van der Waals surface area contributed by atoms with Crippen molar-refractivity contribution >= 4 is 45.7 Å². The van der Waals surface area contributed by atoms with Crippen molar-refractivity contribution in [2.45, 2.75) is 6.92 Å². The largest absolute Gasteiger partial charge is 0.294 e. The fourth-order valence-corrected chi connectivity index (χ4v) is 2.44. The van der Waals surface area contributed by atoms with Crippen LogP contribution in [0.5, 0.6) is 0 Å². The maximum Gasteiger partial charge on any atom is 0.282 e. The molecule has 0 aliphatic carbocycles. The van der Waals surface area contributed by atoms with Crippen LogP contribution in [0, 0.1) is 13.7 Å². The van der Waals surface area contributed by atoms with Gasteiger partial charge in [-0.1, -0.05) is 11.6 Å². The number of carbonyl (C=O) groups excluding carboxylic acids is 1. The molecule has 0 radical (unpaired) electrons. The molecule has 6 heteroatoms. The van der Waals surface area contributed by atoms with Crippen molar-refractivity contribution < 1.29 is 9.72 Å². The summed E-state index contributed by atoms with van der Waals surface area (Å²) in [5.74, 6) is -0.335. The summed E-state index contributed by atoms with van der Waals surface area (Å²) < 4.78 is 0.495. The number of hydrogen-bond acceptors (Lipinski definition) is 3. The molecule has 0 atom stereocenters. The third-order valence-corrected chi connectivity index (χ3v) is 2.65. The van der Waals surface area contributed by atoms with E-state index in [0.29, 0.717) is 3.57 Å².